The SMILES string of the molecule is CCSC1(CNC(=NC)NC2CCCN(c3ccccc3C#N)C2)CCOCC1. The first-order valence-electron chi connectivity index (χ1n) is 10.6. The van der Waals surface area contributed by atoms with E-state index in [1.807, 2.05) is 43.1 Å². The minimum absolute atomic E-state index is 0.231. The van der Waals surface area contributed by atoms with Gasteiger partial charge in [-0.2, -0.15) is 17.0 Å². The molecular weight excluding hydrogens is 382 g/mol. The van der Waals surface area contributed by atoms with E-state index in [9.17, 15) is 5.26 Å². The van der Waals surface area contributed by atoms with Crippen LogP contribution in [0.15, 0.2) is 29.3 Å². The zero-order chi connectivity index (χ0) is 20.5. The lowest BCUT2D eigenvalue weighted by atomic mass is 9.99. The number of para-hydroxylation sites is 1. The van der Waals surface area contributed by atoms with Crippen LogP contribution in [0.5, 0.6) is 0 Å². The number of ether oxygens (including phenoxy) is 1. The van der Waals surface area contributed by atoms with Crippen molar-refractivity contribution in [1.82, 2.24) is 10.6 Å². The van der Waals surface area contributed by atoms with Gasteiger partial charge in [0.2, 0.25) is 0 Å². The van der Waals surface area contributed by atoms with E-state index >= 15 is 0 Å². The predicted molar refractivity (Wildman–Crippen MR) is 122 cm³/mol. The molecule has 2 heterocycles. The van der Waals surface area contributed by atoms with Gasteiger partial charge in [0, 0.05) is 50.7 Å². The van der Waals surface area contributed by atoms with Crippen LogP contribution in [0.3, 0.4) is 0 Å². The summed E-state index contributed by atoms with van der Waals surface area (Å²) in [5.41, 5.74) is 1.78. The van der Waals surface area contributed by atoms with Crippen LogP contribution in [0, 0.1) is 11.3 Å². The number of aliphatic imine (C=N–C) groups is 1. The lowest BCUT2D eigenvalue weighted by Crippen LogP contribution is -2.54. The molecule has 6 nitrogen and oxygen atoms in total. The van der Waals surface area contributed by atoms with Crippen molar-refractivity contribution in [3.05, 3.63) is 29.8 Å². The van der Waals surface area contributed by atoms with Gasteiger partial charge >= 0.3 is 0 Å². The molecule has 0 radical (unpaired) electrons. The van der Waals surface area contributed by atoms with Crippen LogP contribution >= 0.6 is 11.8 Å². The van der Waals surface area contributed by atoms with Crippen molar-refractivity contribution in [2.24, 2.45) is 4.99 Å². The summed E-state index contributed by atoms with van der Waals surface area (Å²) >= 11 is 2.04. The van der Waals surface area contributed by atoms with Gasteiger partial charge in [-0.3, -0.25) is 4.99 Å². The van der Waals surface area contributed by atoms with Gasteiger partial charge in [0.25, 0.3) is 0 Å². The highest BCUT2D eigenvalue weighted by atomic mass is 32.2. The molecular formula is C22H33N5OS. The van der Waals surface area contributed by atoms with Crippen molar-refractivity contribution in [2.45, 2.75) is 43.4 Å². The quantitative estimate of drug-likeness (QED) is 0.550. The van der Waals surface area contributed by atoms with E-state index in [-0.39, 0.29) is 4.75 Å². The fraction of sp³-hybridized carbons (Fsp3) is 0.636. The van der Waals surface area contributed by atoms with Crippen LogP contribution in [-0.4, -0.2) is 62.4 Å². The second kappa shape index (κ2) is 10.7. The topological polar surface area (TPSA) is 72.7 Å². The fourth-order valence-corrected chi connectivity index (χ4v) is 5.45. The molecule has 2 aliphatic heterocycles. The Kier molecular flexibility index (Phi) is 8.08. The molecule has 2 aliphatic rings. The van der Waals surface area contributed by atoms with Gasteiger partial charge in [-0.05, 0) is 43.6 Å². The number of thioether (sulfide) groups is 1. The van der Waals surface area contributed by atoms with Gasteiger partial charge in [0.15, 0.2) is 5.96 Å². The van der Waals surface area contributed by atoms with Crippen molar-refractivity contribution in [1.29, 1.82) is 5.26 Å². The third-order valence-electron chi connectivity index (χ3n) is 5.78. The van der Waals surface area contributed by atoms with E-state index in [1.165, 1.54) is 0 Å². The number of piperidine rings is 1. The van der Waals surface area contributed by atoms with Crippen LogP contribution in [-0.2, 0) is 4.74 Å². The Morgan fingerprint density at radius 2 is 2.17 bits per heavy atom. The maximum Gasteiger partial charge on any atom is 0.191 e. The van der Waals surface area contributed by atoms with E-state index < -0.39 is 0 Å². The Morgan fingerprint density at radius 3 is 2.90 bits per heavy atom. The van der Waals surface area contributed by atoms with Crippen LogP contribution in [0.4, 0.5) is 5.69 Å². The molecule has 2 fully saturated rings. The highest BCUT2D eigenvalue weighted by molar-refractivity contribution is 8.00. The van der Waals surface area contributed by atoms with E-state index in [4.69, 9.17) is 4.74 Å². The number of rotatable bonds is 6. The molecule has 1 aromatic rings. The second-order valence-electron chi connectivity index (χ2n) is 7.71. The smallest absolute Gasteiger partial charge is 0.191 e. The third-order valence-corrected chi connectivity index (χ3v) is 7.24. The molecule has 0 aromatic heterocycles. The van der Waals surface area contributed by atoms with E-state index in [1.54, 1.807) is 0 Å². The predicted octanol–water partition coefficient (Wildman–Crippen LogP) is 2.99. The summed E-state index contributed by atoms with van der Waals surface area (Å²) in [4.78, 5) is 6.79. The first-order valence-corrected chi connectivity index (χ1v) is 11.6. The molecule has 1 aromatic carbocycles. The van der Waals surface area contributed by atoms with Crippen molar-refractivity contribution >= 4 is 23.4 Å². The number of anilines is 1. The Hall–Kier alpha value is -1.91. The first kappa shape index (κ1) is 21.8. The average Bonchev–Trinajstić information content (AvgIpc) is 2.77. The summed E-state index contributed by atoms with van der Waals surface area (Å²) in [5.74, 6) is 1.98. The largest absolute Gasteiger partial charge is 0.381 e. The molecule has 0 amide bonds. The number of nitriles is 1. The van der Waals surface area contributed by atoms with Crippen LogP contribution in [0.2, 0.25) is 0 Å². The molecule has 2 saturated heterocycles. The minimum Gasteiger partial charge on any atom is -0.381 e. The average molecular weight is 416 g/mol. The number of hydrogen-bond acceptors (Lipinski definition) is 5. The zero-order valence-electron chi connectivity index (χ0n) is 17.6. The molecule has 2 N–H and O–H groups in total. The van der Waals surface area contributed by atoms with E-state index in [2.05, 4.69) is 33.5 Å². The Labute approximate surface area is 179 Å². The molecule has 158 valence electrons. The van der Waals surface area contributed by atoms with Crippen molar-refractivity contribution in [2.75, 3.05) is 50.5 Å². The standard InChI is InChI=1S/C22H33N5OS/c1-3-29-22(10-13-28-14-11-22)17-25-21(24-2)26-19-8-6-12-27(16-19)20-9-5-4-7-18(20)15-23/h4-5,7,9,19H,3,6,8,10-14,16-17H2,1-2H3,(H2,24,25,26). The van der Waals surface area contributed by atoms with Crippen LogP contribution in [0.25, 0.3) is 0 Å². The number of hydrogen-bond donors (Lipinski definition) is 2. The molecule has 1 unspecified atom stereocenters. The monoisotopic (exact) mass is 415 g/mol. The Bertz CT molecular complexity index is 721. The second-order valence-corrected chi connectivity index (χ2v) is 9.44. The summed E-state index contributed by atoms with van der Waals surface area (Å²) in [6.45, 7) is 6.68. The lowest BCUT2D eigenvalue weighted by molar-refractivity contribution is 0.0782. The highest BCUT2D eigenvalue weighted by Crippen LogP contribution is 2.34. The normalized spacial score (nSPS) is 22.0. The number of nitrogens with one attached hydrogen (secondary N) is 2. The Balaban J connectivity index is 1.58. The van der Waals surface area contributed by atoms with Crippen molar-refractivity contribution in [3.8, 4) is 6.07 Å². The van der Waals surface area contributed by atoms with E-state index in [0.29, 0.717) is 6.04 Å². The van der Waals surface area contributed by atoms with Crippen LogP contribution < -0.4 is 15.5 Å². The number of guanidine groups is 1. The summed E-state index contributed by atoms with van der Waals surface area (Å²) < 4.78 is 5.81. The highest BCUT2D eigenvalue weighted by Gasteiger charge is 2.33. The van der Waals surface area contributed by atoms with Gasteiger partial charge in [-0.1, -0.05) is 19.1 Å². The molecule has 0 bridgehead atoms. The third kappa shape index (κ3) is 5.80. The van der Waals surface area contributed by atoms with Crippen LogP contribution in [0.1, 0.15) is 38.2 Å². The summed E-state index contributed by atoms with van der Waals surface area (Å²) in [5, 5.41) is 16.6. The maximum absolute atomic E-state index is 9.43. The lowest BCUT2D eigenvalue weighted by Gasteiger charge is -2.38. The van der Waals surface area contributed by atoms with Gasteiger partial charge in [-0.15, -0.1) is 0 Å². The molecule has 0 aliphatic carbocycles. The van der Waals surface area contributed by atoms with E-state index in [0.717, 1.165) is 81.5 Å². The number of nitrogens with zero attached hydrogens (tertiary/aromatic N) is 3. The van der Waals surface area contributed by atoms with Gasteiger partial charge in [0.1, 0.15) is 6.07 Å². The molecule has 3 rings (SSSR count). The summed E-state index contributed by atoms with van der Waals surface area (Å²) in [6.07, 6.45) is 4.37. The van der Waals surface area contributed by atoms with Gasteiger partial charge < -0.3 is 20.3 Å². The Morgan fingerprint density at radius 1 is 1.38 bits per heavy atom. The van der Waals surface area contributed by atoms with Gasteiger partial charge in [0.05, 0.1) is 11.3 Å². The fourth-order valence-electron chi connectivity index (χ4n) is 4.21. The minimum atomic E-state index is 0.231. The van der Waals surface area contributed by atoms with Crippen molar-refractivity contribution in [3.63, 3.8) is 0 Å². The first-order chi connectivity index (χ1) is 14.2. The maximum atomic E-state index is 9.43. The molecule has 7 heteroatoms. The molecule has 0 spiro atoms. The van der Waals surface area contributed by atoms with Gasteiger partial charge in [-0.25, -0.2) is 0 Å². The number of benzene rings is 1. The molecule has 1 atom stereocenters. The molecule has 0 saturated carbocycles. The zero-order valence-corrected chi connectivity index (χ0v) is 18.4. The summed E-state index contributed by atoms with van der Waals surface area (Å²) in [6, 6.07) is 10.5. The summed E-state index contributed by atoms with van der Waals surface area (Å²) in [7, 11) is 1.84. The van der Waals surface area contributed by atoms with Crippen molar-refractivity contribution < 1.29 is 4.74 Å². The molecule has 29 heavy (non-hydrogen) atoms.